The smallest absolute Gasteiger partial charge is 0.343 e. The third-order valence-corrected chi connectivity index (χ3v) is 5.14. The van der Waals surface area contributed by atoms with Gasteiger partial charge in [-0.1, -0.05) is 12.1 Å². The van der Waals surface area contributed by atoms with Crippen molar-refractivity contribution < 1.29 is 30.0 Å². The van der Waals surface area contributed by atoms with Crippen molar-refractivity contribution in [3.05, 3.63) is 64.2 Å². The lowest BCUT2D eigenvalue weighted by molar-refractivity contribution is 0.0549. The van der Waals surface area contributed by atoms with Crippen molar-refractivity contribution in [2.45, 2.75) is 77.8 Å². The Bertz CT molecular complexity index is 911. The molecule has 0 atom stereocenters. The molecule has 0 bridgehead atoms. The minimum Gasteiger partial charge on any atom is -0.422 e. The van der Waals surface area contributed by atoms with Gasteiger partial charge in [0.15, 0.2) is 0 Å². The van der Waals surface area contributed by atoms with Crippen molar-refractivity contribution in [3.8, 4) is 5.75 Å². The molecular weight excluding hydrogens is 396 g/mol. The molecule has 2 rings (SSSR count). The SMILES string of the molecule is CC(C)(O)c1ccc(C(=O)Oc2c(C(C)(C)O)cc(C(C)(C)O)cc2C(C)(C)O)cc1. The molecule has 0 aliphatic rings. The Morgan fingerprint density at radius 2 is 1.03 bits per heavy atom. The van der Waals surface area contributed by atoms with Crippen LogP contribution in [0.2, 0.25) is 0 Å². The number of benzene rings is 2. The van der Waals surface area contributed by atoms with Gasteiger partial charge in [-0.3, -0.25) is 0 Å². The zero-order chi connectivity index (χ0) is 24.0. The predicted molar refractivity (Wildman–Crippen MR) is 119 cm³/mol. The Morgan fingerprint density at radius 3 is 1.35 bits per heavy atom. The number of aliphatic hydroxyl groups is 4. The van der Waals surface area contributed by atoms with Gasteiger partial charge < -0.3 is 25.2 Å². The number of rotatable bonds is 6. The van der Waals surface area contributed by atoms with E-state index in [1.807, 2.05) is 0 Å². The highest BCUT2D eigenvalue weighted by Gasteiger charge is 2.33. The molecule has 0 aromatic heterocycles. The lowest BCUT2D eigenvalue weighted by atomic mass is 9.84. The maximum Gasteiger partial charge on any atom is 0.343 e. The van der Waals surface area contributed by atoms with Crippen molar-refractivity contribution in [2.24, 2.45) is 0 Å². The first-order valence-corrected chi connectivity index (χ1v) is 10.2. The van der Waals surface area contributed by atoms with Crippen molar-refractivity contribution in [1.29, 1.82) is 0 Å². The summed E-state index contributed by atoms with van der Waals surface area (Å²) < 4.78 is 5.71. The van der Waals surface area contributed by atoms with Gasteiger partial charge in [0.05, 0.1) is 28.0 Å². The molecule has 0 heterocycles. The Kier molecular flexibility index (Phi) is 6.47. The largest absolute Gasteiger partial charge is 0.422 e. The molecule has 2 aromatic rings. The van der Waals surface area contributed by atoms with Crippen LogP contribution in [0.1, 0.15) is 88.0 Å². The van der Waals surface area contributed by atoms with Gasteiger partial charge in [0.25, 0.3) is 0 Å². The van der Waals surface area contributed by atoms with Crippen LogP contribution in [0.15, 0.2) is 36.4 Å². The number of esters is 1. The fraction of sp³-hybridized carbons (Fsp3) is 0.480. The van der Waals surface area contributed by atoms with Crippen LogP contribution < -0.4 is 4.74 Å². The minimum absolute atomic E-state index is 0.0459. The standard InChI is InChI=1S/C25H34O6/c1-22(2,27)16-11-9-15(10-12-16)21(26)31-20-18(24(5,6)29)13-17(23(3,4)28)14-19(20)25(7,8)30/h9-14,27-30H,1-8H3. The fourth-order valence-electron chi connectivity index (χ4n) is 3.17. The molecule has 0 fully saturated rings. The molecule has 0 aliphatic heterocycles. The van der Waals surface area contributed by atoms with Gasteiger partial charge in [0.2, 0.25) is 0 Å². The van der Waals surface area contributed by atoms with E-state index in [2.05, 4.69) is 0 Å². The quantitative estimate of drug-likeness (QED) is 0.410. The monoisotopic (exact) mass is 430 g/mol. The first-order chi connectivity index (χ1) is 13.8. The van der Waals surface area contributed by atoms with Crippen LogP contribution in [0.25, 0.3) is 0 Å². The average Bonchev–Trinajstić information content (AvgIpc) is 2.58. The van der Waals surface area contributed by atoms with Crippen LogP contribution in [0.5, 0.6) is 5.75 Å². The summed E-state index contributed by atoms with van der Waals surface area (Å²) in [6.07, 6.45) is 0. The molecule has 2 aromatic carbocycles. The summed E-state index contributed by atoms with van der Waals surface area (Å²) in [6.45, 7) is 12.7. The van der Waals surface area contributed by atoms with E-state index in [-0.39, 0.29) is 22.4 Å². The predicted octanol–water partition coefficient (Wildman–Crippen LogP) is 3.82. The minimum atomic E-state index is -1.42. The van der Waals surface area contributed by atoms with Gasteiger partial charge in [-0.05, 0) is 90.8 Å². The summed E-state index contributed by atoms with van der Waals surface area (Å²) in [7, 11) is 0. The zero-order valence-electron chi connectivity index (χ0n) is 19.6. The van der Waals surface area contributed by atoms with Gasteiger partial charge in [-0.15, -0.1) is 0 Å². The first-order valence-electron chi connectivity index (χ1n) is 10.2. The maximum absolute atomic E-state index is 12.9. The van der Waals surface area contributed by atoms with E-state index in [0.29, 0.717) is 11.1 Å². The van der Waals surface area contributed by atoms with E-state index in [4.69, 9.17) is 4.74 Å². The van der Waals surface area contributed by atoms with Crippen LogP contribution >= 0.6 is 0 Å². The Hall–Kier alpha value is -2.25. The fourth-order valence-corrected chi connectivity index (χ4v) is 3.17. The number of hydrogen-bond donors (Lipinski definition) is 4. The summed E-state index contributed by atoms with van der Waals surface area (Å²) in [5.74, 6) is -0.626. The van der Waals surface area contributed by atoms with Gasteiger partial charge in [-0.25, -0.2) is 4.79 Å². The maximum atomic E-state index is 12.9. The summed E-state index contributed by atoms with van der Waals surface area (Å²) in [5.41, 5.74) is -3.21. The molecule has 4 N–H and O–H groups in total. The lowest BCUT2D eigenvalue weighted by Gasteiger charge is -2.31. The third-order valence-electron chi connectivity index (χ3n) is 5.14. The molecule has 31 heavy (non-hydrogen) atoms. The van der Waals surface area contributed by atoms with Crippen molar-refractivity contribution >= 4 is 5.97 Å². The van der Waals surface area contributed by atoms with E-state index in [0.717, 1.165) is 0 Å². The van der Waals surface area contributed by atoms with Crippen molar-refractivity contribution in [2.75, 3.05) is 0 Å². The molecule has 0 amide bonds. The molecule has 0 saturated heterocycles. The third kappa shape index (κ3) is 5.92. The average molecular weight is 431 g/mol. The number of carbonyl (C=O) groups excluding carboxylic acids is 1. The van der Waals surface area contributed by atoms with Crippen LogP contribution in [0.4, 0.5) is 0 Å². The molecule has 6 heteroatoms. The Labute approximate surface area is 184 Å². The summed E-state index contributed by atoms with van der Waals surface area (Å²) in [4.78, 5) is 12.9. The van der Waals surface area contributed by atoms with E-state index in [9.17, 15) is 25.2 Å². The highest BCUT2D eigenvalue weighted by molar-refractivity contribution is 5.91. The molecular formula is C25H34O6. The molecule has 0 saturated carbocycles. The molecule has 0 unspecified atom stereocenters. The summed E-state index contributed by atoms with van der Waals surface area (Å²) in [6, 6.07) is 9.54. The number of carbonyl (C=O) groups is 1. The topological polar surface area (TPSA) is 107 Å². The molecule has 0 spiro atoms. The molecule has 6 nitrogen and oxygen atoms in total. The van der Waals surface area contributed by atoms with Gasteiger partial charge in [0, 0.05) is 11.1 Å². The van der Waals surface area contributed by atoms with Crippen LogP contribution in [-0.2, 0) is 22.4 Å². The summed E-state index contributed by atoms with van der Waals surface area (Å²) >= 11 is 0. The highest BCUT2D eigenvalue weighted by atomic mass is 16.5. The number of hydrogen-bond acceptors (Lipinski definition) is 6. The second kappa shape index (κ2) is 8.02. The number of ether oxygens (including phenoxy) is 1. The highest BCUT2D eigenvalue weighted by Crippen LogP contribution is 2.41. The van der Waals surface area contributed by atoms with E-state index in [1.165, 1.54) is 0 Å². The summed E-state index contributed by atoms with van der Waals surface area (Å²) in [5, 5.41) is 42.2. The van der Waals surface area contributed by atoms with Gasteiger partial charge in [0.1, 0.15) is 5.75 Å². The van der Waals surface area contributed by atoms with E-state index < -0.39 is 28.4 Å². The second-order valence-electron chi connectivity index (χ2n) is 10.1. The second-order valence-corrected chi connectivity index (χ2v) is 10.1. The van der Waals surface area contributed by atoms with Crippen LogP contribution in [-0.4, -0.2) is 26.4 Å². The van der Waals surface area contributed by atoms with Gasteiger partial charge in [-0.2, -0.15) is 0 Å². The Morgan fingerprint density at radius 1 is 0.645 bits per heavy atom. The van der Waals surface area contributed by atoms with Crippen molar-refractivity contribution in [1.82, 2.24) is 0 Å². The first kappa shape index (κ1) is 25.0. The lowest BCUT2D eigenvalue weighted by Crippen LogP contribution is -2.27. The molecule has 0 aliphatic carbocycles. The molecule has 0 radical (unpaired) electrons. The Balaban J connectivity index is 2.62. The van der Waals surface area contributed by atoms with Crippen molar-refractivity contribution in [3.63, 3.8) is 0 Å². The van der Waals surface area contributed by atoms with Crippen LogP contribution in [0, 0.1) is 0 Å². The zero-order valence-corrected chi connectivity index (χ0v) is 19.6. The molecule has 170 valence electrons. The van der Waals surface area contributed by atoms with Crippen LogP contribution in [0.3, 0.4) is 0 Å². The van der Waals surface area contributed by atoms with E-state index in [1.54, 1.807) is 91.8 Å². The van der Waals surface area contributed by atoms with E-state index >= 15 is 0 Å². The van der Waals surface area contributed by atoms with Gasteiger partial charge >= 0.3 is 5.97 Å². The normalized spacial score (nSPS) is 13.3.